The Hall–Kier alpha value is -1.61. The van der Waals surface area contributed by atoms with Crippen molar-refractivity contribution in [2.75, 3.05) is 13.1 Å². The summed E-state index contributed by atoms with van der Waals surface area (Å²) in [6, 6.07) is 10.9. The highest BCUT2D eigenvalue weighted by Gasteiger charge is 2.11. The number of aryl methyl sites for hydroxylation is 1. The molecule has 1 aromatic carbocycles. The van der Waals surface area contributed by atoms with Crippen molar-refractivity contribution < 1.29 is 0 Å². The maximum Gasteiger partial charge on any atom is 0.0678 e. The van der Waals surface area contributed by atoms with Gasteiger partial charge in [0, 0.05) is 19.8 Å². The van der Waals surface area contributed by atoms with Crippen LogP contribution in [0.2, 0.25) is 0 Å². The van der Waals surface area contributed by atoms with Crippen LogP contribution >= 0.6 is 0 Å². The standard InChI is InChI=1S/C15H19N3/c1-17-15(8-9-16-17)14-6-4-13(5-7-14)12-18-10-2-3-11-18/h4-9H,2-3,10-12H2,1H3. The number of benzene rings is 1. The van der Waals surface area contributed by atoms with Crippen LogP contribution < -0.4 is 0 Å². The van der Waals surface area contributed by atoms with E-state index in [-0.39, 0.29) is 0 Å². The van der Waals surface area contributed by atoms with E-state index in [4.69, 9.17) is 0 Å². The zero-order valence-corrected chi connectivity index (χ0v) is 10.8. The Morgan fingerprint density at radius 1 is 1.06 bits per heavy atom. The minimum Gasteiger partial charge on any atom is -0.299 e. The molecule has 1 aliphatic heterocycles. The SMILES string of the molecule is Cn1nccc1-c1ccc(CN2CCCC2)cc1. The van der Waals surface area contributed by atoms with E-state index in [2.05, 4.69) is 40.3 Å². The molecular formula is C15H19N3. The van der Waals surface area contributed by atoms with E-state index < -0.39 is 0 Å². The smallest absolute Gasteiger partial charge is 0.0678 e. The van der Waals surface area contributed by atoms with Crippen LogP contribution in [0, 0.1) is 0 Å². The topological polar surface area (TPSA) is 21.1 Å². The van der Waals surface area contributed by atoms with E-state index in [9.17, 15) is 0 Å². The van der Waals surface area contributed by atoms with Gasteiger partial charge in [0.15, 0.2) is 0 Å². The average molecular weight is 241 g/mol. The normalized spacial score (nSPS) is 16.3. The van der Waals surface area contributed by atoms with Crippen LogP contribution in [0.4, 0.5) is 0 Å². The molecule has 2 heterocycles. The second kappa shape index (κ2) is 4.94. The van der Waals surface area contributed by atoms with Gasteiger partial charge in [0.1, 0.15) is 0 Å². The summed E-state index contributed by atoms with van der Waals surface area (Å²) >= 11 is 0. The van der Waals surface area contributed by atoms with E-state index in [0.29, 0.717) is 0 Å². The van der Waals surface area contributed by atoms with E-state index in [1.54, 1.807) is 0 Å². The molecule has 0 amide bonds. The first-order valence-electron chi connectivity index (χ1n) is 6.62. The molecule has 0 N–H and O–H groups in total. The van der Waals surface area contributed by atoms with Gasteiger partial charge in [-0.05, 0) is 43.1 Å². The fourth-order valence-electron chi connectivity index (χ4n) is 2.64. The zero-order valence-electron chi connectivity index (χ0n) is 10.8. The number of rotatable bonds is 3. The van der Waals surface area contributed by atoms with Crippen molar-refractivity contribution in [1.82, 2.24) is 14.7 Å². The summed E-state index contributed by atoms with van der Waals surface area (Å²) < 4.78 is 1.91. The van der Waals surface area contributed by atoms with Crippen molar-refractivity contribution in [1.29, 1.82) is 0 Å². The third-order valence-corrected chi connectivity index (χ3v) is 3.68. The highest BCUT2D eigenvalue weighted by molar-refractivity contribution is 5.59. The van der Waals surface area contributed by atoms with Crippen LogP contribution in [0.15, 0.2) is 36.5 Å². The van der Waals surface area contributed by atoms with E-state index in [1.807, 2.05) is 17.9 Å². The van der Waals surface area contributed by atoms with Crippen molar-refractivity contribution in [2.24, 2.45) is 7.05 Å². The number of hydrogen-bond acceptors (Lipinski definition) is 2. The Morgan fingerprint density at radius 3 is 2.39 bits per heavy atom. The second-order valence-corrected chi connectivity index (χ2v) is 5.02. The predicted octanol–water partition coefficient (Wildman–Crippen LogP) is 2.68. The monoisotopic (exact) mass is 241 g/mol. The summed E-state index contributed by atoms with van der Waals surface area (Å²) in [6.45, 7) is 3.60. The average Bonchev–Trinajstić information content (AvgIpc) is 3.02. The van der Waals surface area contributed by atoms with Gasteiger partial charge in [-0.1, -0.05) is 24.3 Å². The molecule has 3 rings (SSSR count). The number of nitrogens with zero attached hydrogens (tertiary/aromatic N) is 3. The quantitative estimate of drug-likeness (QED) is 0.823. The lowest BCUT2D eigenvalue weighted by Crippen LogP contribution is -2.18. The first kappa shape index (κ1) is 11.5. The van der Waals surface area contributed by atoms with Crippen LogP contribution in [0.1, 0.15) is 18.4 Å². The van der Waals surface area contributed by atoms with Gasteiger partial charge in [-0.2, -0.15) is 5.10 Å². The lowest BCUT2D eigenvalue weighted by molar-refractivity contribution is 0.331. The summed E-state index contributed by atoms with van der Waals surface area (Å²) in [5, 5.41) is 4.21. The van der Waals surface area contributed by atoms with Gasteiger partial charge in [-0.3, -0.25) is 9.58 Å². The van der Waals surface area contributed by atoms with Crippen molar-refractivity contribution in [3.8, 4) is 11.3 Å². The number of hydrogen-bond donors (Lipinski definition) is 0. The van der Waals surface area contributed by atoms with Crippen LogP contribution in [0.3, 0.4) is 0 Å². The zero-order chi connectivity index (χ0) is 12.4. The Labute approximate surface area is 108 Å². The van der Waals surface area contributed by atoms with E-state index in [1.165, 1.54) is 42.8 Å². The lowest BCUT2D eigenvalue weighted by atomic mass is 10.1. The highest BCUT2D eigenvalue weighted by Crippen LogP contribution is 2.20. The molecule has 0 bridgehead atoms. The first-order valence-corrected chi connectivity index (χ1v) is 6.62. The summed E-state index contributed by atoms with van der Waals surface area (Å²) in [5.41, 5.74) is 3.81. The van der Waals surface area contributed by atoms with E-state index >= 15 is 0 Å². The first-order chi connectivity index (χ1) is 8.83. The van der Waals surface area contributed by atoms with Gasteiger partial charge in [0.05, 0.1) is 5.69 Å². The van der Waals surface area contributed by atoms with Gasteiger partial charge < -0.3 is 0 Å². The molecule has 0 unspecified atom stereocenters. The molecule has 0 atom stereocenters. The van der Waals surface area contributed by atoms with Crippen LogP contribution in [-0.4, -0.2) is 27.8 Å². The largest absolute Gasteiger partial charge is 0.299 e. The second-order valence-electron chi connectivity index (χ2n) is 5.02. The predicted molar refractivity (Wildman–Crippen MR) is 73.2 cm³/mol. The van der Waals surface area contributed by atoms with Crippen molar-refractivity contribution in [3.63, 3.8) is 0 Å². The Morgan fingerprint density at radius 2 is 1.78 bits per heavy atom. The van der Waals surface area contributed by atoms with E-state index in [0.717, 1.165) is 6.54 Å². The summed E-state index contributed by atoms with van der Waals surface area (Å²) in [4.78, 5) is 2.53. The maximum atomic E-state index is 4.21. The van der Waals surface area contributed by atoms with Gasteiger partial charge >= 0.3 is 0 Å². The lowest BCUT2D eigenvalue weighted by Gasteiger charge is -2.14. The van der Waals surface area contributed by atoms with Crippen LogP contribution in [0.25, 0.3) is 11.3 Å². The minimum absolute atomic E-state index is 1.09. The van der Waals surface area contributed by atoms with Crippen LogP contribution in [0.5, 0.6) is 0 Å². The molecule has 18 heavy (non-hydrogen) atoms. The molecule has 3 nitrogen and oxygen atoms in total. The molecule has 2 aromatic rings. The third-order valence-electron chi connectivity index (χ3n) is 3.68. The number of aromatic nitrogens is 2. The molecule has 0 radical (unpaired) electrons. The summed E-state index contributed by atoms with van der Waals surface area (Å²) in [5.74, 6) is 0. The summed E-state index contributed by atoms with van der Waals surface area (Å²) in [6.07, 6.45) is 4.55. The third kappa shape index (κ3) is 2.31. The van der Waals surface area contributed by atoms with Crippen molar-refractivity contribution in [3.05, 3.63) is 42.1 Å². The Kier molecular flexibility index (Phi) is 3.15. The fraction of sp³-hybridized carbons (Fsp3) is 0.400. The van der Waals surface area contributed by atoms with Gasteiger partial charge in [-0.25, -0.2) is 0 Å². The summed E-state index contributed by atoms with van der Waals surface area (Å²) in [7, 11) is 1.98. The van der Waals surface area contributed by atoms with Gasteiger partial charge in [0.25, 0.3) is 0 Å². The highest BCUT2D eigenvalue weighted by atomic mass is 15.3. The van der Waals surface area contributed by atoms with Gasteiger partial charge in [0.2, 0.25) is 0 Å². The molecular weight excluding hydrogens is 222 g/mol. The molecule has 3 heteroatoms. The molecule has 1 fully saturated rings. The fourth-order valence-corrected chi connectivity index (χ4v) is 2.64. The van der Waals surface area contributed by atoms with Crippen LogP contribution in [-0.2, 0) is 13.6 Å². The molecule has 94 valence electrons. The molecule has 0 aliphatic carbocycles. The number of likely N-dealkylation sites (tertiary alicyclic amines) is 1. The molecule has 0 saturated carbocycles. The minimum atomic E-state index is 1.09. The Bertz CT molecular complexity index is 507. The molecule has 1 aliphatic rings. The molecule has 1 aromatic heterocycles. The van der Waals surface area contributed by atoms with Crippen molar-refractivity contribution in [2.45, 2.75) is 19.4 Å². The van der Waals surface area contributed by atoms with Gasteiger partial charge in [-0.15, -0.1) is 0 Å². The molecule has 0 spiro atoms. The Balaban J connectivity index is 1.74. The van der Waals surface area contributed by atoms with Crippen molar-refractivity contribution >= 4 is 0 Å². The maximum absolute atomic E-state index is 4.21. The molecule has 1 saturated heterocycles.